The van der Waals surface area contributed by atoms with E-state index >= 15 is 0 Å². The van der Waals surface area contributed by atoms with Crippen LogP contribution < -0.4 is 16.0 Å². The number of anilines is 1. The van der Waals surface area contributed by atoms with Crippen LogP contribution in [0.4, 0.5) is 5.69 Å². The zero-order chi connectivity index (χ0) is 16.7. The summed E-state index contributed by atoms with van der Waals surface area (Å²) in [6, 6.07) is 7.65. The van der Waals surface area contributed by atoms with Gasteiger partial charge in [-0.3, -0.25) is 9.79 Å². The highest BCUT2D eigenvalue weighted by atomic mass is 127. The van der Waals surface area contributed by atoms with Gasteiger partial charge in [-0.05, 0) is 49.9 Å². The Morgan fingerprint density at radius 2 is 2.00 bits per heavy atom. The number of amides is 1. The molecule has 7 heteroatoms. The summed E-state index contributed by atoms with van der Waals surface area (Å²) < 4.78 is 0. The largest absolute Gasteiger partial charge is 0.357 e. The normalized spacial score (nSPS) is 19.2. The number of nitrogens with zero attached hydrogens (tertiary/aromatic N) is 1. The van der Waals surface area contributed by atoms with Gasteiger partial charge in [-0.25, -0.2) is 0 Å². The smallest absolute Gasteiger partial charge is 0.224 e. The van der Waals surface area contributed by atoms with E-state index in [1.54, 1.807) is 24.3 Å². The van der Waals surface area contributed by atoms with Crippen molar-refractivity contribution in [3.8, 4) is 0 Å². The van der Waals surface area contributed by atoms with Crippen LogP contribution >= 0.6 is 35.6 Å². The van der Waals surface area contributed by atoms with E-state index in [0.717, 1.165) is 30.5 Å². The van der Waals surface area contributed by atoms with Crippen molar-refractivity contribution in [3.63, 3.8) is 0 Å². The van der Waals surface area contributed by atoms with Crippen molar-refractivity contribution in [3.05, 3.63) is 29.3 Å². The first-order chi connectivity index (χ1) is 11.1. The third-order valence-corrected chi connectivity index (χ3v) is 3.99. The Labute approximate surface area is 166 Å². The van der Waals surface area contributed by atoms with Crippen molar-refractivity contribution in [2.24, 2.45) is 10.9 Å². The number of aliphatic imine (C=N–C) groups is 1. The topological polar surface area (TPSA) is 65.5 Å². The monoisotopic (exact) mass is 464 g/mol. The van der Waals surface area contributed by atoms with Gasteiger partial charge in [0.1, 0.15) is 0 Å². The van der Waals surface area contributed by atoms with Gasteiger partial charge in [0.15, 0.2) is 5.96 Å². The minimum atomic E-state index is -0.00343. The summed E-state index contributed by atoms with van der Waals surface area (Å²) in [5, 5.41) is 10.1. The predicted molar refractivity (Wildman–Crippen MR) is 111 cm³/mol. The molecule has 1 saturated carbocycles. The lowest BCUT2D eigenvalue weighted by molar-refractivity contribution is -0.116. The molecule has 134 valence electrons. The third-order valence-electron chi connectivity index (χ3n) is 3.74. The fourth-order valence-corrected chi connectivity index (χ4v) is 2.33. The molecule has 1 fully saturated rings. The van der Waals surface area contributed by atoms with Crippen molar-refractivity contribution < 1.29 is 4.79 Å². The third kappa shape index (κ3) is 7.70. The molecule has 1 amide bonds. The van der Waals surface area contributed by atoms with Crippen molar-refractivity contribution in [1.29, 1.82) is 0 Å². The van der Waals surface area contributed by atoms with Crippen molar-refractivity contribution >= 4 is 53.1 Å². The van der Waals surface area contributed by atoms with E-state index in [1.165, 1.54) is 6.42 Å². The lowest BCUT2D eigenvalue weighted by Gasteiger charge is -2.10. The standard InChI is InChI=1S/C17H25ClN4O.HI/c1-3-19-17(22-15-11-12(15)2)20-10-4-5-16(23)21-14-8-6-13(18)7-9-14;/h6-9,12,15H,3-5,10-11H2,1-2H3,(H,21,23)(H2,19,20,22);1H. The zero-order valence-corrected chi connectivity index (χ0v) is 17.2. The van der Waals surface area contributed by atoms with Crippen LogP contribution in [0.2, 0.25) is 5.02 Å². The van der Waals surface area contributed by atoms with Crippen molar-refractivity contribution in [2.75, 3.05) is 18.4 Å². The highest BCUT2D eigenvalue weighted by molar-refractivity contribution is 14.0. The summed E-state index contributed by atoms with van der Waals surface area (Å²) in [5.74, 6) is 1.57. The molecule has 5 nitrogen and oxygen atoms in total. The number of hydrogen-bond donors (Lipinski definition) is 3. The van der Waals surface area contributed by atoms with Crippen molar-refractivity contribution in [2.45, 2.75) is 39.2 Å². The van der Waals surface area contributed by atoms with Crippen LogP contribution in [0.3, 0.4) is 0 Å². The Morgan fingerprint density at radius 3 is 2.58 bits per heavy atom. The summed E-state index contributed by atoms with van der Waals surface area (Å²) >= 11 is 5.82. The number of benzene rings is 1. The molecule has 1 aromatic carbocycles. The van der Waals surface area contributed by atoms with E-state index in [4.69, 9.17) is 11.6 Å². The van der Waals surface area contributed by atoms with Crippen LogP contribution in [-0.2, 0) is 4.79 Å². The van der Waals surface area contributed by atoms with E-state index < -0.39 is 0 Å². The summed E-state index contributed by atoms with van der Waals surface area (Å²) in [6.07, 6.45) is 2.37. The van der Waals surface area contributed by atoms with Gasteiger partial charge in [0, 0.05) is 36.3 Å². The second-order valence-electron chi connectivity index (χ2n) is 5.88. The van der Waals surface area contributed by atoms with Gasteiger partial charge in [-0.2, -0.15) is 0 Å². The molecule has 2 atom stereocenters. The second-order valence-corrected chi connectivity index (χ2v) is 6.32. The lowest BCUT2D eigenvalue weighted by atomic mass is 10.2. The molecule has 0 aromatic heterocycles. The van der Waals surface area contributed by atoms with Gasteiger partial charge in [0.2, 0.25) is 5.91 Å². The molecule has 2 unspecified atom stereocenters. The van der Waals surface area contributed by atoms with Gasteiger partial charge < -0.3 is 16.0 Å². The highest BCUT2D eigenvalue weighted by Crippen LogP contribution is 2.28. The zero-order valence-electron chi connectivity index (χ0n) is 14.1. The number of carbonyl (C=O) groups excluding carboxylic acids is 1. The number of hydrogen-bond acceptors (Lipinski definition) is 2. The molecule has 0 heterocycles. The summed E-state index contributed by atoms with van der Waals surface area (Å²) in [4.78, 5) is 16.4. The molecule has 0 saturated heterocycles. The maximum atomic E-state index is 11.9. The van der Waals surface area contributed by atoms with Crippen LogP contribution in [0.1, 0.15) is 33.1 Å². The SMILES string of the molecule is CCNC(=NCCCC(=O)Nc1ccc(Cl)cc1)NC1CC1C.I. The summed E-state index contributed by atoms with van der Waals surface area (Å²) in [5.41, 5.74) is 0.764. The van der Waals surface area contributed by atoms with E-state index in [9.17, 15) is 4.79 Å². The van der Waals surface area contributed by atoms with Crippen molar-refractivity contribution in [1.82, 2.24) is 10.6 Å². The van der Waals surface area contributed by atoms with Gasteiger partial charge >= 0.3 is 0 Å². The van der Waals surface area contributed by atoms with E-state index in [0.29, 0.717) is 24.0 Å². The summed E-state index contributed by atoms with van der Waals surface area (Å²) in [7, 11) is 0. The molecule has 3 N–H and O–H groups in total. The lowest BCUT2D eigenvalue weighted by Crippen LogP contribution is -2.39. The van der Waals surface area contributed by atoms with Gasteiger partial charge in [-0.15, -0.1) is 24.0 Å². The van der Waals surface area contributed by atoms with E-state index in [-0.39, 0.29) is 29.9 Å². The molecule has 2 rings (SSSR count). The molecule has 24 heavy (non-hydrogen) atoms. The van der Waals surface area contributed by atoms with Crippen LogP contribution in [0, 0.1) is 5.92 Å². The number of rotatable bonds is 7. The van der Waals surface area contributed by atoms with Crippen LogP contribution in [0.5, 0.6) is 0 Å². The first-order valence-electron chi connectivity index (χ1n) is 8.18. The Kier molecular flexibility index (Phi) is 9.43. The second kappa shape index (κ2) is 10.8. The quantitative estimate of drug-likeness (QED) is 0.250. The van der Waals surface area contributed by atoms with Gasteiger partial charge in [-0.1, -0.05) is 18.5 Å². The average molecular weight is 465 g/mol. The number of nitrogens with one attached hydrogen (secondary N) is 3. The maximum absolute atomic E-state index is 11.9. The molecule has 0 radical (unpaired) electrons. The van der Waals surface area contributed by atoms with Gasteiger partial charge in [0.25, 0.3) is 0 Å². The fourth-order valence-electron chi connectivity index (χ4n) is 2.21. The number of carbonyl (C=O) groups is 1. The molecule has 1 aromatic rings. The molecular weight excluding hydrogens is 439 g/mol. The molecule has 0 spiro atoms. The highest BCUT2D eigenvalue weighted by Gasteiger charge is 2.33. The molecular formula is C17H26ClIN4O. The van der Waals surface area contributed by atoms with E-state index in [2.05, 4.69) is 27.9 Å². The maximum Gasteiger partial charge on any atom is 0.224 e. The number of halogens is 2. The Bertz CT molecular complexity index is 550. The predicted octanol–water partition coefficient (Wildman–Crippen LogP) is 3.64. The minimum absolute atomic E-state index is 0. The van der Waals surface area contributed by atoms with Crippen LogP contribution in [-0.4, -0.2) is 31.0 Å². The fraction of sp³-hybridized carbons (Fsp3) is 0.529. The Morgan fingerprint density at radius 1 is 1.33 bits per heavy atom. The Hall–Kier alpha value is -1.02. The molecule has 0 aliphatic heterocycles. The minimum Gasteiger partial charge on any atom is -0.357 e. The molecule has 0 bridgehead atoms. The average Bonchev–Trinajstić information content (AvgIpc) is 3.21. The van der Waals surface area contributed by atoms with Gasteiger partial charge in [0.05, 0.1) is 0 Å². The summed E-state index contributed by atoms with van der Waals surface area (Å²) in [6.45, 7) is 5.74. The van der Waals surface area contributed by atoms with E-state index in [1.807, 2.05) is 6.92 Å². The Balaban J connectivity index is 0.00000288. The molecule has 1 aliphatic rings. The molecule has 1 aliphatic carbocycles. The van der Waals surface area contributed by atoms with Crippen LogP contribution in [0.15, 0.2) is 29.3 Å². The first kappa shape index (κ1) is 21.0. The first-order valence-corrected chi connectivity index (χ1v) is 8.56. The van der Waals surface area contributed by atoms with Crippen LogP contribution in [0.25, 0.3) is 0 Å². The number of guanidine groups is 1.